The van der Waals surface area contributed by atoms with E-state index < -0.39 is 31.1 Å². The van der Waals surface area contributed by atoms with Gasteiger partial charge in [-0.2, -0.15) is 4.31 Å². The monoisotopic (exact) mass is 411 g/mol. The number of aryl methyl sites for hydroxylation is 2. The van der Waals surface area contributed by atoms with Crippen LogP contribution in [0.4, 0.5) is 0 Å². The van der Waals surface area contributed by atoms with Crippen molar-refractivity contribution in [2.75, 3.05) is 12.8 Å². The Hall–Kier alpha value is -1.78. The van der Waals surface area contributed by atoms with E-state index >= 15 is 0 Å². The van der Waals surface area contributed by atoms with E-state index in [1.807, 2.05) is 6.07 Å². The van der Waals surface area contributed by atoms with Gasteiger partial charge in [0, 0.05) is 12.8 Å². The average molecular weight is 412 g/mol. The summed E-state index contributed by atoms with van der Waals surface area (Å²) in [4.78, 5) is 0.262. The Morgan fingerprint density at radius 2 is 1.78 bits per heavy atom. The van der Waals surface area contributed by atoms with Gasteiger partial charge in [-0.1, -0.05) is 11.2 Å². The largest absolute Gasteiger partial charge is 0.411 e. The average Bonchev–Trinajstić information content (AvgIpc) is 3.30. The summed E-state index contributed by atoms with van der Waals surface area (Å²) in [7, 11) is -7.37. The van der Waals surface area contributed by atoms with Gasteiger partial charge in [0.1, 0.15) is 6.04 Å². The lowest BCUT2D eigenvalue weighted by Crippen LogP contribution is -2.31. The fourth-order valence-electron chi connectivity index (χ4n) is 3.79. The standard InChI is InChI=1S/C17H21N3O5S2/c1-26(21,22)17-19-18-16(25-17)15-7-4-10-20(15)27(23,24)14-9-8-12-5-2-3-6-13(12)11-14/h8-9,11,15H,2-7,10H2,1H3/t15-/m0/s1. The summed E-state index contributed by atoms with van der Waals surface area (Å²) in [6.07, 6.45) is 6.20. The maximum Gasteiger partial charge on any atom is 0.335 e. The maximum atomic E-state index is 13.2. The third-order valence-electron chi connectivity index (χ3n) is 5.15. The van der Waals surface area contributed by atoms with Gasteiger partial charge in [-0.3, -0.25) is 0 Å². The van der Waals surface area contributed by atoms with Crippen molar-refractivity contribution < 1.29 is 21.3 Å². The van der Waals surface area contributed by atoms with Crippen molar-refractivity contribution in [1.29, 1.82) is 0 Å². The van der Waals surface area contributed by atoms with Crippen molar-refractivity contribution in [2.24, 2.45) is 0 Å². The molecule has 2 aliphatic rings. The summed E-state index contributed by atoms with van der Waals surface area (Å²) in [5.41, 5.74) is 2.31. The zero-order valence-electron chi connectivity index (χ0n) is 15.0. The van der Waals surface area contributed by atoms with E-state index in [1.54, 1.807) is 12.1 Å². The summed E-state index contributed by atoms with van der Waals surface area (Å²) in [6.45, 7) is 0.334. The first-order chi connectivity index (χ1) is 12.8. The number of nitrogens with zero attached hydrogens (tertiary/aromatic N) is 3. The van der Waals surface area contributed by atoms with Gasteiger partial charge in [-0.15, -0.1) is 5.10 Å². The molecule has 2 aromatic rings. The number of sulfone groups is 1. The van der Waals surface area contributed by atoms with Gasteiger partial charge in [0.05, 0.1) is 4.90 Å². The van der Waals surface area contributed by atoms with E-state index in [0.29, 0.717) is 19.4 Å². The first-order valence-corrected chi connectivity index (χ1v) is 12.3. The fourth-order valence-corrected chi connectivity index (χ4v) is 5.91. The quantitative estimate of drug-likeness (QED) is 0.755. The van der Waals surface area contributed by atoms with Crippen LogP contribution in [0, 0.1) is 0 Å². The minimum absolute atomic E-state index is 0.0226. The predicted molar refractivity (Wildman–Crippen MR) is 96.4 cm³/mol. The predicted octanol–water partition coefficient (Wildman–Crippen LogP) is 1.88. The number of aromatic nitrogens is 2. The van der Waals surface area contributed by atoms with Crippen molar-refractivity contribution in [1.82, 2.24) is 14.5 Å². The van der Waals surface area contributed by atoms with Crippen molar-refractivity contribution in [3.05, 3.63) is 35.2 Å². The molecule has 1 aromatic carbocycles. The lowest BCUT2D eigenvalue weighted by molar-refractivity contribution is 0.303. The van der Waals surface area contributed by atoms with Crippen LogP contribution in [0.1, 0.15) is 48.7 Å². The van der Waals surface area contributed by atoms with Crippen LogP contribution in [0.3, 0.4) is 0 Å². The van der Waals surface area contributed by atoms with Crippen LogP contribution in [0.25, 0.3) is 0 Å². The Balaban J connectivity index is 1.67. The molecule has 27 heavy (non-hydrogen) atoms. The number of sulfonamides is 1. The summed E-state index contributed by atoms with van der Waals surface area (Å²) < 4.78 is 56.2. The second kappa shape index (κ2) is 6.68. The molecular formula is C17H21N3O5S2. The Bertz CT molecular complexity index is 1080. The fraction of sp³-hybridized carbons (Fsp3) is 0.529. The molecule has 4 rings (SSSR count). The minimum Gasteiger partial charge on any atom is -0.411 e. The zero-order valence-corrected chi connectivity index (χ0v) is 16.6. The lowest BCUT2D eigenvalue weighted by atomic mass is 9.92. The molecule has 0 amide bonds. The van der Waals surface area contributed by atoms with E-state index in [4.69, 9.17) is 4.42 Å². The van der Waals surface area contributed by atoms with E-state index in [1.165, 1.54) is 9.87 Å². The molecular weight excluding hydrogens is 390 g/mol. The van der Waals surface area contributed by atoms with Gasteiger partial charge in [0.25, 0.3) is 0 Å². The highest BCUT2D eigenvalue weighted by Crippen LogP contribution is 2.37. The molecule has 1 aromatic heterocycles. The summed E-state index contributed by atoms with van der Waals surface area (Å²) >= 11 is 0. The molecule has 2 heterocycles. The van der Waals surface area contributed by atoms with Gasteiger partial charge in [-0.25, -0.2) is 16.8 Å². The van der Waals surface area contributed by atoms with Crippen LogP contribution in [-0.4, -0.2) is 44.1 Å². The van der Waals surface area contributed by atoms with Gasteiger partial charge in [-0.05, 0) is 61.8 Å². The number of hydrogen-bond donors (Lipinski definition) is 0. The first kappa shape index (κ1) is 18.6. The van der Waals surface area contributed by atoms with E-state index in [2.05, 4.69) is 10.2 Å². The highest BCUT2D eigenvalue weighted by molar-refractivity contribution is 7.90. The number of fused-ring (bicyclic) bond motifs is 1. The molecule has 1 aliphatic carbocycles. The number of benzene rings is 1. The van der Waals surface area contributed by atoms with Crippen LogP contribution in [-0.2, 0) is 32.7 Å². The summed E-state index contributed by atoms with van der Waals surface area (Å²) in [5, 5.41) is 6.85. The highest BCUT2D eigenvalue weighted by Gasteiger charge is 2.40. The molecule has 1 aliphatic heterocycles. The van der Waals surface area contributed by atoms with Gasteiger partial charge >= 0.3 is 5.22 Å². The van der Waals surface area contributed by atoms with Crippen molar-refractivity contribution in [2.45, 2.75) is 54.7 Å². The molecule has 0 bridgehead atoms. The summed E-state index contributed by atoms with van der Waals surface area (Å²) in [6, 6.07) is 4.69. The Kier molecular flexibility index (Phi) is 4.59. The summed E-state index contributed by atoms with van der Waals surface area (Å²) in [5.74, 6) is 0.0226. The number of hydrogen-bond acceptors (Lipinski definition) is 7. The van der Waals surface area contributed by atoms with E-state index in [0.717, 1.165) is 37.5 Å². The normalized spacial score (nSPS) is 21.3. The van der Waals surface area contributed by atoms with Crippen LogP contribution in [0.2, 0.25) is 0 Å². The molecule has 146 valence electrons. The van der Waals surface area contributed by atoms with Crippen molar-refractivity contribution >= 4 is 19.9 Å². The topological polar surface area (TPSA) is 110 Å². The Labute approximate surface area is 158 Å². The molecule has 10 heteroatoms. The third-order valence-corrected chi connectivity index (χ3v) is 7.86. The van der Waals surface area contributed by atoms with Gasteiger partial charge in [0.15, 0.2) is 0 Å². The second-order valence-corrected chi connectivity index (χ2v) is 10.9. The van der Waals surface area contributed by atoms with Crippen molar-refractivity contribution in [3.63, 3.8) is 0 Å². The molecule has 0 unspecified atom stereocenters. The SMILES string of the molecule is CS(=O)(=O)c1nnc([C@@H]2CCCN2S(=O)(=O)c2ccc3c(c2)CCCC3)o1. The molecule has 1 saturated heterocycles. The smallest absolute Gasteiger partial charge is 0.335 e. The number of rotatable bonds is 4. The molecule has 0 N–H and O–H groups in total. The van der Waals surface area contributed by atoms with Crippen LogP contribution >= 0.6 is 0 Å². The second-order valence-electron chi connectivity index (χ2n) is 7.09. The molecule has 1 atom stereocenters. The van der Waals surface area contributed by atoms with Gasteiger partial charge in [0.2, 0.25) is 25.8 Å². The minimum atomic E-state index is -3.74. The highest BCUT2D eigenvalue weighted by atomic mass is 32.2. The lowest BCUT2D eigenvalue weighted by Gasteiger charge is -2.23. The molecule has 0 radical (unpaired) electrons. The van der Waals surface area contributed by atoms with Gasteiger partial charge < -0.3 is 4.42 Å². The van der Waals surface area contributed by atoms with Crippen LogP contribution < -0.4 is 0 Å². The Morgan fingerprint density at radius 1 is 1.04 bits per heavy atom. The molecule has 8 nitrogen and oxygen atoms in total. The third kappa shape index (κ3) is 3.41. The first-order valence-electron chi connectivity index (χ1n) is 8.94. The van der Waals surface area contributed by atoms with Crippen molar-refractivity contribution in [3.8, 4) is 0 Å². The van der Waals surface area contributed by atoms with Crippen LogP contribution in [0.15, 0.2) is 32.7 Å². The van der Waals surface area contributed by atoms with Crippen LogP contribution in [0.5, 0.6) is 0 Å². The maximum absolute atomic E-state index is 13.2. The molecule has 1 fully saturated rings. The molecule has 0 saturated carbocycles. The van der Waals surface area contributed by atoms with E-state index in [-0.39, 0.29) is 10.8 Å². The zero-order chi connectivity index (χ0) is 19.2. The Morgan fingerprint density at radius 3 is 2.48 bits per heavy atom. The molecule has 0 spiro atoms. The van der Waals surface area contributed by atoms with E-state index in [9.17, 15) is 16.8 Å².